The van der Waals surface area contributed by atoms with E-state index in [0.29, 0.717) is 6.42 Å². The first-order chi connectivity index (χ1) is 8.62. The molecule has 0 spiro atoms. The zero-order valence-electron chi connectivity index (χ0n) is 12.4. The van der Waals surface area contributed by atoms with Crippen LogP contribution in [0.4, 0.5) is 4.39 Å². The van der Waals surface area contributed by atoms with Crippen LogP contribution in [-0.2, 0) is 20.3 Å². The predicted octanol–water partition coefficient (Wildman–Crippen LogP) is 2.31. The van der Waals surface area contributed by atoms with Crippen molar-refractivity contribution in [3.63, 3.8) is 0 Å². The Morgan fingerprint density at radius 2 is 1.89 bits per heavy atom. The number of carbonyl (C=O) groups excluding carboxylic acids is 1. The van der Waals surface area contributed by atoms with Crippen LogP contribution in [0.1, 0.15) is 53.4 Å². The second-order valence-electron chi connectivity index (χ2n) is 5.53. The maximum Gasteiger partial charge on any atom is 0.359 e. The topological polar surface area (TPSA) is 63.6 Å². The van der Waals surface area contributed by atoms with Crippen molar-refractivity contribution in [3.8, 4) is 0 Å². The lowest BCUT2D eigenvalue weighted by molar-refractivity contribution is -0.154. The molecule has 0 aromatic carbocycles. The van der Waals surface area contributed by atoms with Crippen molar-refractivity contribution < 1.29 is 23.2 Å². The van der Waals surface area contributed by atoms with Crippen LogP contribution in [0.5, 0.6) is 0 Å². The van der Waals surface area contributed by atoms with Gasteiger partial charge in [0.25, 0.3) is 0 Å². The second kappa shape index (κ2) is 7.33. The molecule has 1 N–H and O–H groups in total. The largest absolute Gasteiger partial charge is 0.466 e. The van der Waals surface area contributed by atoms with Gasteiger partial charge in [0.2, 0.25) is 0 Å². The molecule has 3 atom stereocenters. The fourth-order valence-corrected chi connectivity index (χ4v) is 3.18. The summed E-state index contributed by atoms with van der Waals surface area (Å²) in [6.45, 7) is 6.64. The van der Waals surface area contributed by atoms with Gasteiger partial charge in [0.05, 0.1) is 17.9 Å². The third kappa shape index (κ3) is 4.53. The van der Waals surface area contributed by atoms with Gasteiger partial charge in [-0.25, -0.2) is 9.18 Å². The molecule has 0 heterocycles. The summed E-state index contributed by atoms with van der Waals surface area (Å²) in [6.07, 6.45) is 0.762. The Labute approximate surface area is 117 Å². The fraction of sp³-hybridized carbons (Fsp3) is 0.923. The predicted molar refractivity (Wildman–Crippen MR) is 73.9 cm³/mol. The first-order valence-electron chi connectivity index (χ1n) is 6.49. The number of methoxy groups -OCH3 is 1. The lowest BCUT2D eigenvalue weighted by Crippen LogP contribution is -2.54. The smallest absolute Gasteiger partial charge is 0.359 e. The van der Waals surface area contributed by atoms with Crippen LogP contribution in [0.2, 0.25) is 0 Å². The minimum atomic E-state index is -2.87. The van der Waals surface area contributed by atoms with E-state index >= 15 is 0 Å². The van der Waals surface area contributed by atoms with Crippen molar-refractivity contribution in [3.05, 3.63) is 0 Å². The Morgan fingerprint density at radius 1 is 1.37 bits per heavy atom. The molecule has 1 unspecified atom stereocenters. The Bertz CT molecular complexity index is 327. The minimum Gasteiger partial charge on any atom is -0.466 e. The van der Waals surface area contributed by atoms with Crippen molar-refractivity contribution in [2.75, 3.05) is 7.11 Å². The van der Waals surface area contributed by atoms with E-state index in [-0.39, 0.29) is 6.42 Å². The van der Waals surface area contributed by atoms with Crippen LogP contribution in [0.3, 0.4) is 0 Å². The highest BCUT2D eigenvalue weighted by Gasteiger charge is 2.55. The normalized spacial score (nSPS) is 18.5. The molecule has 0 aromatic heterocycles. The number of hydrogen-bond acceptors (Lipinski definition) is 4. The molecule has 0 fully saturated rings. The van der Waals surface area contributed by atoms with Gasteiger partial charge in [-0.05, 0) is 27.2 Å². The third-order valence-electron chi connectivity index (χ3n) is 2.80. The number of rotatable bonds is 7. The van der Waals surface area contributed by atoms with E-state index < -0.39 is 32.6 Å². The highest BCUT2D eigenvalue weighted by molar-refractivity contribution is 7.88. The van der Waals surface area contributed by atoms with E-state index in [1.54, 1.807) is 20.8 Å². The Hall–Kier alpha value is -0.490. The van der Waals surface area contributed by atoms with Gasteiger partial charge in [-0.2, -0.15) is 0 Å². The number of aliphatic hydroxyl groups is 1. The summed E-state index contributed by atoms with van der Waals surface area (Å²) >= 11 is 0. The summed E-state index contributed by atoms with van der Waals surface area (Å²) in [7, 11) is -1.17. The molecule has 19 heavy (non-hydrogen) atoms. The van der Waals surface area contributed by atoms with Gasteiger partial charge in [0, 0.05) is 4.75 Å². The molecule has 0 rings (SSSR count). The maximum atomic E-state index is 14.9. The van der Waals surface area contributed by atoms with Crippen LogP contribution in [0, 0.1) is 0 Å². The average molecular weight is 296 g/mol. The van der Waals surface area contributed by atoms with Gasteiger partial charge in [-0.15, -0.1) is 0 Å². The molecule has 0 radical (unpaired) electrons. The lowest BCUT2D eigenvalue weighted by Gasteiger charge is -2.32. The Balaban J connectivity index is 5.19. The summed E-state index contributed by atoms with van der Waals surface area (Å²) < 4.78 is 30.5. The molecule has 0 aliphatic heterocycles. The van der Waals surface area contributed by atoms with Gasteiger partial charge >= 0.3 is 11.0 Å². The van der Waals surface area contributed by atoms with E-state index in [4.69, 9.17) is 0 Å². The molecule has 0 saturated carbocycles. The number of alkyl halides is 1. The van der Waals surface area contributed by atoms with Crippen molar-refractivity contribution in [2.45, 2.75) is 69.2 Å². The third-order valence-corrected chi connectivity index (χ3v) is 4.89. The molecule has 0 bridgehead atoms. The van der Waals surface area contributed by atoms with E-state index in [1.807, 2.05) is 6.92 Å². The highest BCUT2D eigenvalue weighted by Crippen LogP contribution is 2.33. The molecule has 0 aliphatic carbocycles. The molecule has 0 aromatic rings. The summed E-state index contributed by atoms with van der Waals surface area (Å²) in [6, 6.07) is 0. The number of ether oxygens (including phenoxy) is 1. The zero-order chi connectivity index (χ0) is 15.3. The number of halogens is 1. The van der Waals surface area contributed by atoms with Gasteiger partial charge in [-0.1, -0.05) is 26.2 Å². The maximum absolute atomic E-state index is 14.9. The summed E-state index contributed by atoms with van der Waals surface area (Å²) in [5.41, 5.74) is 0. The van der Waals surface area contributed by atoms with Crippen molar-refractivity contribution >= 4 is 16.8 Å². The van der Waals surface area contributed by atoms with Crippen LogP contribution in [0.15, 0.2) is 0 Å². The summed E-state index contributed by atoms with van der Waals surface area (Å²) in [5.74, 6) is -1.27. The van der Waals surface area contributed by atoms with Crippen LogP contribution in [0.25, 0.3) is 0 Å². The monoisotopic (exact) mass is 296 g/mol. The Kier molecular flexibility index (Phi) is 7.15. The molecule has 0 amide bonds. The van der Waals surface area contributed by atoms with Crippen molar-refractivity contribution in [1.82, 2.24) is 0 Å². The molecular weight excluding hydrogens is 271 g/mol. The van der Waals surface area contributed by atoms with Crippen molar-refractivity contribution in [1.29, 1.82) is 0 Å². The SMILES string of the molecule is CCCCC[C@H](O)[C@](F)(C(=O)OC)S(=O)C(C)(C)C. The van der Waals surface area contributed by atoms with Crippen LogP contribution < -0.4 is 0 Å². The molecular formula is C13H25FO4S. The van der Waals surface area contributed by atoms with Gasteiger partial charge in [-0.3, -0.25) is 4.21 Å². The summed E-state index contributed by atoms with van der Waals surface area (Å²) in [5, 5.41) is 7.09. The number of hydrogen-bond donors (Lipinski definition) is 1. The molecule has 0 aliphatic rings. The van der Waals surface area contributed by atoms with E-state index in [1.165, 1.54) is 0 Å². The number of carbonyl (C=O) groups is 1. The quantitative estimate of drug-likeness (QED) is 0.578. The number of aliphatic hydroxyl groups excluding tert-OH is 1. The first-order valence-corrected chi connectivity index (χ1v) is 7.64. The number of unbranched alkanes of at least 4 members (excludes halogenated alkanes) is 2. The second-order valence-corrected chi connectivity index (χ2v) is 7.89. The molecule has 4 nitrogen and oxygen atoms in total. The Morgan fingerprint density at radius 3 is 2.26 bits per heavy atom. The first kappa shape index (κ1) is 18.5. The molecule has 114 valence electrons. The standard InChI is InChI=1S/C13H25FO4S/c1-6-7-8-9-10(15)13(14,11(16)18-5)19(17)12(2,3)4/h10,15H,6-9H2,1-5H3/t10-,13+,19?/m0/s1. The van der Waals surface area contributed by atoms with E-state index in [2.05, 4.69) is 4.74 Å². The highest BCUT2D eigenvalue weighted by atomic mass is 32.2. The number of esters is 1. The van der Waals surface area contributed by atoms with Crippen LogP contribution in [-0.4, -0.2) is 38.2 Å². The van der Waals surface area contributed by atoms with E-state index in [9.17, 15) is 18.5 Å². The van der Waals surface area contributed by atoms with E-state index in [0.717, 1.165) is 20.0 Å². The minimum absolute atomic E-state index is 0.0846. The molecule has 0 saturated heterocycles. The lowest BCUT2D eigenvalue weighted by atomic mass is 10.1. The summed E-state index contributed by atoms with van der Waals surface area (Å²) in [4.78, 5) is 11.6. The van der Waals surface area contributed by atoms with Crippen LogP contribution >= 0.6 is 0 Å². The van der Waals surface area contributed by atoms with Gasteiger partial charge in [0.15, 0.2) is 0 Å². The van der Waals surface area contributed by atoms with Gasteiger partial charge in [0.1, 0.15) is 6.10 Å². The molecule has 6 heteroatoms. The average Bonchev–Trinajstić information content (AvgIpc) is 2.34. The van der Waals surface area contributed by atoms with Crippen molar-refractivity contribution in [2.24, 2.45) is 0 Å². The van der Waals surface area contributed by atoms with Gasteiger partial charge < -0.3 is 9.84 Å². The fourth-order valence-electron chi connectivity index (χ4n) is 1.69. The zero-order valence-corrected chi connectivity index (χ0v) is 13.2.